The molecule has 1 aromatic heterocycles. The first-order valence-electron chi connectivity index (χ1n) is 11.9. The summed E-state index contributed by atoms with van der Waals surface area (Å²) in [6, 6.07) is 14.8. The quantitative estimate of drug-likeness (QED) is 0.462. The lowest BCUT2D eigenvalue weighted by molar-refractivity contribution is 0.0994. The van der Waals surface area contributed by atoms with Gasteiger partial charge in [0.25, 0.3) is 0 Å². The van der Waals surface area contributed by atoms with Crippen molar-refractivity contribution in [3.8, 4) is 11.4 Å². The molecule has 1 atom stereocenters. The van der Waals surface area contributed by atoms with Gasteiger partial charge >= 0.3 is 0 Å². The lowest BCUT2D eigenvalue weighted by atomic mass is 10.0. The van der Waals surface area contributed by atoms with Crippen molar-refractivity contribution in [2.24, 2.45) is 0 Å². The van der Waals surface area contributed by atoms with E-state index in [1.54, 1.807) is 19.1 Å². The Hall–Kier alpha value is -2.79. The molecule has 1 saturated heterocycles. The summed E-state index contributed by atoms with van der Waals surface area (Å²) in [4.78, 5) is 6.64. The van der Waals surface area contributed by atoms with Gasteiger partial charge in [0.05, 0.1) is 11.0 Å². The number of aromatic nitrogens is 2. The highest BCUT2D eigenvalue weighted by atomic mass is 32.2. The fraction of sp³-hybridized carbons (Fsp3) is 0.440. The van der Waals surface area contributed by atoms with Crippen LogP contribution in [0, 0.1) is 6.92 Å². The molecule has 1 aliphatic heterocycles. The zero-order valence-corrected chi connectivity index (χ0v) is 21.2. The normalized spacial score (nSPS) is 16.5. The molecule has 0 bridgehead atoms. The molecule has 0 saturated carbocycles. The Labute approximate surface area is 206 Å². The first kappa shape index (κ1) is 25.3. The third-order valence-electron chi connectivity index (χ3n) is 6.20. The van der Waals surface area contributed by atoms with Crippen molar-refractivity contribution in [2.75, 3.05) is 44.6 Å². The number of hydrogen-bond donors (Lipinski definition) is 2. The highest BCUT2D eigenvalue weighted by Crippen LogP contribution is 2.22. The molecule has 2 heterocycles. The number of hydrogen-bond acceptors (Lipinski definition) is 8. The van der Waals surface area contributed by atoms with Gasteiger partial charge in [-0.05, 0) is 47.9 Å². The van der Waals surface area contributed by atoms with Gasteiger partial charge in [-0.1, -0.05) is 31.1 Å². The van der Waals surface area contributed by atoms with E-state index in [0.29, 0.717) is 61.8 Å². The molecule has 10 heteroatoms. The van der Waals surface area contributed by atoms with Crippen molar-refractivity contribution in [3.63, 3.8) is 0 Å². The Morgan fingerprint density at radius 1 is 1.03 bits per heavy atom. The number of nitrogens with zero attached hydrogens (tertiary/aromatic N) is 4. The first-order chi connectivity index (χ1) is 16.7. The number of aryl methyl sites for hydroxylation is 1. The van der Waals surface area contributed by atoms with Gasteiger partial charge in [0.2, 0.25) is 21.7 Å². The van der Waals surface area contributed by atoms with E-state index in [9.17, 15) is 13.5 Å². The van der Waals surface area contributed by atoms with Crippen LogP contribution in [0.25, 0.3) is 11.4 Å². The van der Waals surface area contributed by atoms with E-state index in [-0.39, 0.29) is 0 Å². The van der Waals surface area contributed by atoms with Crippen LogP contribution in [0.5, 0.6) is 0 Å². The zero-order valence-electron chi connectivity index (χ0n) is 20.4. The number of aliphatic hydroxyl groups excluding tert-OH is 1. The average Bonchev–Trinajstić information content (AvgIpc) is 3.29. The van der Waals surface area contributed by atoms with Crippen LogP contribution in [0.2, 0.25) is 0 Å². The maximum absolute atomic E-state index is 13.0. The van der Waals surface area contributed by atoms with Crippen molar-refractivity contribution in [2.45, 2.75) is 37.7 Å². The summed E-state index contributed by atoms with van der Waals surface area (Å²) in [5.41, 5.74) is 2.86. The average molecular weight is 500 g/mol. The predicted molar refractivity (Wildman–Crippen MR) is 135 cm³/mol. The predicted octanol–water partition coefficient (Wildman–Crippen LogP) is 2.95. The van der Waals surface area contributed by atoms with Crippen LogP contribution in [0.1, 0.15) is 31.2 Å². The van der Waals surface area contributed by atoms with E-state index in [1.807, 2.05) is 36.4 Å². The lowest BCUT2D eigenvalue weighted by Gasteiger charge is -2.35. The number of β-amino-alcohol motifs (C(OH)–C–C–N with tert-alkyl or cyclic N) is 1. The third-order valence-corrected chi connectivity index (χ3v) is 8.11. The summed E-state index contributed by atoms with van der Waals surface area (Å²) in [5.74, 6) is 1.42. The number of aliphatic hydroxyl groups is 1. The standard InChI is InChI=1S/C25H33N5O4S/c1-18(2)20-6-10-24(11-7-20)35(32,33)30-14-12-29(13-15-30)17-23(31)16-26-22-8-4-21(5-9-22)25-27-19(3)34-28-25/h4-11,18,23,26,31H,12-17H2,1-3H3. The van der Waals surface area contributed by atoms with Gasteiger partial charge in [-0.15, -0.1) is 0 Å². The van der Waals surface area contributed by atoms with Crippen molar-refractivity contribution >= 4 is 15.7 Å². The second-order valence-corrected chi connectivity index (χ2v) is 11.1. The minimum atomic E-state index is -3.51. The summed E-state index contributed by atoms with van der Waals surface area (Å²) in [6.45, 7) is 8.77. The molecule has 3 aromatic rings. The highest BCUT2D eigenvalue weighted by Gasteiger charge is 2.29. The largest absolute Gasteiger partial charge is 0.390 e. The molecule has 9 nitrogen and oxygen atoms in total. The number of piperazine rings is 1. The molecule has 0 radical (unpaired) electrons. The van der Waals surface area contributed by atoms with Gasteiger partial charge in [0, 0.05) is 57.4 Å². The Morgan fingerprint density at radius 3 is 2.26 bits per heavy atom. The molecule has 2 aromatic carbocycles. The second-order valence-electron chi connectivity index (χ2n) is 9.18. The fourth-order valence-electron chi connectivity index (χ4n) is 4.08. The minimum Gasteiger partial charge on any atom is -0.390 e. The first-order valence-corrected chi connectivity index (χ1v) is 13.3. The molecule has 2 N–H and O–H groups in total. The number of rotatable bonds is 9. The van der Waals surface area contributed by atoms with Crippen LogP contribution < -0.4 is 5.32 Å². The maximum atomic E-state index is 13.0. The van der Waals surface area contributed by atoms with Crippen LogP contribution in [-0.2, 0) is 10.0 Å². The number of benzene rings is 2. The van der Waals surface area contributed by atoms with Crippen LogP contribution in [0.3, 0.4) is 0 Å². The molecule has 4 rings (SSSR count). The van der Waals surface area contributed by atoms with Crippen molar-refractivity contribution in [1.82, 2.24) is 19.3 Å². The van der Waals surface area contributed by atoms with Gasteiger partial charge in [0.15, 0.2) is 0 Å². The van der Waals surface area contributed by atoms with Gasteiger partial charge in [-0.25, -0.2) is 8.42 Å². The van der Waals surface area contributed by atoms with Crippen LogP contribution in [0.4, 0.5) is 5.69 Å². The van der Waals surface area contributed by atoms with Crippen molar-refractivity contribution in [1.29, 1.82) is 0 Å². The summed E-state index contributed by atoms with van der Waals surface area (Å²) in [7, 11) is -3.51. The van der Waals surface area contributed by atoms with Gasteiger partial charge in [0.1, 0.15) is 0 Å². The van der Waals surface area contributed by atoms with Gasteiger partial charge < -0.3 is 14.9 Å². The van der Waals surface area contributed by atoms with E-state index in [1.165, 1.54) is 4.31 Å². The molecule has 1 aliphatic rings. The topological polar surface area (TPSA) is 112 Å². The molecule has 0 amide bonds. The minimum absolute atomic E-state index is 0.333. The third kappa shape index (κ3) is 6.26. The lowest BCUT2D eigenvalue weighted by Crippen LogP contribution is -2.50. The molecule has 0 aliphatic carbocycles. The Balaban J connectivity index is 1.23. The van der Waals surface area contributed by atoms with E-state index in [2.05, 4.69) is 34.2 Å². The van der Waals surface area contributed by atoms with E-state index < -0.39 is 16.1 Å². The molecular formula is C25H33N5O4S. The molecule has 0 spiro atoms. The number of nitrogens with one attached hydrogen (secondary N) is 1. The summed E-state index contributed by atoms with van der Waals surface area (Å²) >= 11 is 0. The SMILES string of the molecule is Cc1nc(-c2ccc(NCC(O)CN3CCN(S(=O)(=O)c4ccc(C(C)C)cc4)CC3)cc2)no1. The van der Waals surface area contributed by atoms with Crippen LogP contribution in [-0.4, -0.2) is 78.2 Å². The van der Waals surface area contributed by atoms with Crippen LogP contribution >= 0.6 is 0 Å². The molecule has 35 heavy (non-hydrogen) atoms. The van der Waals surface area contributed by atoms with Gasteiger partial charge in [-0.3, -0.25) is 4.90 Å². The Morgan fingerprint density at radius 2 is 1.69 bits per heavy atom. The maximum Gasteiger partial charge on any atom is 0.243 e. The van der Waals surface area contributed by atoms with Crippen molar-refractivity contribution < 1.29 is 18.0 Å². The van der Waals surface area contributed by atoms with E-state index in [4.69, 9.17) is 4.52 Å². The molecule has 188 valence electrons. The Kier molecular flexibility index (Phi) is 7.85. The smallest absolute Gasteiger partial charge is 0.243 e. The van der Waals surface area contributed by atoms with E-state index in [0.717, 1.165) is 16.8 Å². The monoisotopic (exact) mass is 499 g/mol. The fourth-order valence-corrected chi connectivity index (χ4v) is 5.50. The molecule has 1 unspecified atom stereocenters. The summed E-state index contributed by atoms with van der Waals surface area (Å²) in [5, 5.41) is 17.7. The molecule has 1 fully saturated rings. The zero-order chi connectivity index (χ0) is 25.0. The number of sulfonamides is 1. The van der Waals surface area contributed by atoms with E-state index >= 15 is 0 Å². The van der Waals surface area contributed by atoms with Gasteiger partial charge in [-0.2, -0.15) is 9.29 Å². The summed E-state index contributed by atoms with van der Waals surface area (Å²) < 4.78 is 32.6. The van der Waals surface area contributed by atoms with Crippen LogP contribution in [0.15, 0.2) is 57.9 Å². The van der Waals surface area contributed by atoms with Crippen molar-refractivity contribution in [3.05, 3.63) is 60.0 Å². The molecular weight excluding hydrogens is 466 g/mol. The Bertz CT molecular complexity index is 1200. The highest BCUT2D eigenvalue weighted by molar-refractivity contribution is 7.89. The number of anilines is 1. The second kappa shape index (κ2) is 10.9. The summed E-state index contributed by atoms with van der Waals surface area (Å²) in [6.07, 6.45) is -0.582.